The minimum atomic E-state index is -0.164. The first kappa shape index (κ1) is 10.9. The second-order valence-corrected chi connectivity index (χ2v) is 4.16. The lowest BCUT2D eigenvalue weighted by Gasteiger charge is -2.11. The first-order valence-electron chi connectivity index (χ1n) is 5.57. The summed E-state index contributed by atoms with van der Waals surface area (Å²) in [6, 6.07) is 18.3. The largest absolute Gasteiger partial charge is 0.249 e. The van der Waals surface area contributed by atoms with Crippen LogP contribution in [0.2, 0.25) is 0 Å². The van der Waals surface area contributed by atoms with Crippen LogP contribution in [0.15, 0.2) is 54.6 Å². The lowest BCUT2D eigenvalue weighted by molar-refractivity contribution is 0.698. The standard InChI is InChI=1S/C15H16N/c1-12-6-5-7-13(10-12)11-15(16)14-8-3-2-4-9-14/h2-10,15-16H,11H2,1H3. The average molecular weight is 210 g/mol. The van der Waals surface area contributed by atoms with Gasteiger partial charge in [-0.1, -0.05) is 60.2 Å². The minimum absolute atomic E-state index is 0.164. The molecule has 1 unspecified atom stereocenters. The molecule has 2 aromatic rings. The Morgan fingerprint density at radius 2 is 1.75 bits per heavy atom. The average Bonchev–Trinajstić information content (AvgIpc) is 2.30. The van der Waals surface area contributed by atoms with E-state index in [4.69, 9.17) is 5.73 Å². The predicted octanol–water partition coefficient (Wildman–Crippen LogP) is 3.56. The van der Waals surface area contributed by atoms with Gasteiger partial charge in [0.2, 0.25) is 0 Å². The number of benzene rings is 2. The molecule has 0 bridgehead atoms. The van der Waals surface area contributed by atoms with Gasteiger partial charge in [-0.3, -0.25) is 0 Å². The van der Waals surface area contributed by atoms with Crippen LogP contribution in [0.5, 0.6) is 0 Å². The first-order chi connectivity index (χ1) is 7.75. The van der Waals surface area contributed by atoms with Crippen molar-refractivity contribution in [2.45, 2.75) is 19.4 Å². The molecule has 0 aliphatic heterocycles. The molecule has 0 heterocycles. The van der Waals surface area contributed by atoms with Crippen molar-refractivity contribution in [3.05, 3.63) is 71.3 Å². The van der Waals surface area contributed by atoms with Gasteiger partial charge in [0.1, 0.15) is 0 Å². The smallest absolute Gasteiger partial charge is 0.0502 e. The van der Waals surface area contributed by atoms with Crippen molar-refractivity contribution >= 4 is 0 Å². The van der Waals surface area contributed by atoms with E-state index in [0.717, 1.165) is 12.0 Å². The molecule has 0 saturated heterocycles. The Balaban J connectivity index is 2.11. The molecule has 0 aliphatic rings. The molecule has 0 saturated carbocycles. The monoisotopic (exact) mass is 210 g/mol. The first-order valence-corrected chi connectivity index (χ1v) is 5.57. The van der Waals surface area contributed by atoms with E-state index in [1.54, 1.807) is 0 Å². The van der Waals surface area contributed by atoms with E-state index in [-0.39, 0.29) is 6.04 Å². The van der Waals surface area contributed by atoms with Gasteiger partial charge in [0.25, 0.3) is 0 Å². The van der Waals surface area contributed by atoms with Crippen molar-refractivity contribution in [1.29, 1.82) is 0 Å². The number of hydrogen-bond donors (Lipinski definition) is 0. The van der Waals surface area contributed by atoms with Crippen molar-refractivity contribution in [3.8, 4) is 0 Å². The van der Waals surface area contributed by atoms with Crippen LogP contribution < -0.4 is 5.73 Å². The predicted molar refractivity (Wildman–Crippen MR) is 67.2 cm³/mol. The highest BCUT2D eigenvalue weighted by atomic mass is 14.6. The van der Waals surface area contributed by atoms with Crippen molar-refractivity contribution in [1.82, 2.24) is 5.73 Å². The summed E-state index contributed by atoms with van der Waals surface area (Å²) in [7, 11) is 0. The Morgan fingerprint density at radius 1 is 1.00 bits per heavy atom. The Labute approximate surface area is 96.9 Å². The number of hydrogen-bond acceptors (Lipinski definition) is 0. The molecule has 0 spiro atoms. The van der Waals surface area contributed by atoms with Crippen LogP contribution in [-0.4, -0.2) is 0 Å². The van der Waals surface area contributed by atoms with Crippen LogP contribution >= 0.6 is 0 Å². The molecule has 16 heavy (non-hydrogen) atoms. The fourth-order valence-electron chi connectivity index (χ4n) is 1.88. The molecule has 1 heteroatoms. The van der Waals surface area contributed by atoms with Gasteiger partial charge >= 0.3 is 0 Å². The van der Waals surface area contributed by atoms with E-state index >= 15 is 0 Å². The summed E-state index contributed by atoms with van der Waals surface area (Å²) in [5.41, 5.74) is 11.7. The van der Waals surface area contributed by atoms with E-state index in [2.05, 4.69) is 31.2 Å². The van der Waals surface area contributed by atoms with Gasteiger partial charge in [-0.2, -0.15) is 0 Å². The number of nitrogens with one attached hydrogen (secondary N) is 1. The van der Waals surface area contributed by atoms with Crippen LogP contribution in [-0.2, 0) is 6.42 Å². The van der Waals surface area contributed by atoms with Gasteiger partial charge < -0.3 is 0 Å². The Kier molecular flexibility index (Phi) is 3.37. The van der Waals surface area contributed by atoms with Gasteiger partial charge in [0, 0.05) is 0 Å². The van der Waals surface area contributed by atoms with E-state index in [0.29, 0.717) is 0 Å². The van der Waals surface area contributed by atoms with E-state index < -0.39 is 0 Å². The normalized spacial score (nSPS) is 12.4. The molecule has 0 amide bonds. The van der Waals surface area contributed by atoms with Crippen LogP contribution in [0.4, 0.5) is 0 Å². The molecule has 1 radical (unpaired) electrons. The Morgan fingerprint density at radius 3 is 2.44 bits per heavy atom. The lowest BCUT2D eigenvalue weighted by atomic mass is 9.99. The highest BCUT2D eigenvalue weighted by Crippen LogP contribution is 2.17. The third kappa shape index (κ3) is 2.71. The summed E-state index contributed by atoms with van der Waals surface area (Å²) < 4.78 is 0. The molecule has 1 N–H and O–H groups in total. The summed E-state index contributed by atoms with van der Waals surface area (Å²) in [5.74, 6) is 0. The zero-order valence-corrected chi connectivity index (χ0v) is 9.48. The fourth-order valence-corrected chi connectivity index (χ4v) is 1.88. The van der Waals surface area contributed by atoms with E-state index in [1.807, 2.05) is 30.3 Å². The van der Waals surface area contributed by atoms with Crippen molar-refractivity contribution < 1.29 is 0 Å². The van der Waals surface area contributed by atoms with Crippen molar-refractivity contribution in [2.24, 2.45) is 0 Å². The maximum absolute atomic E-state index is 8.12. The van der Waals surface area contributed by atoms with Gasteiger partial charge in [-0.15, -0.1) is 0 Å². The molecule has 0 aliphatic carbocycles. The SMILES string of the molecule is Cc1cccc(CC([NH])c2ccccc2)c1. The maximum atomic E-state index is 8.12. The molecule has 2 rings (SSSR count). The van der Waals surface area contributed by atoms with E-state index in [9.17, 15) is 0 Å². The summed E-state index contributed by atoms with van der Waals surface area (Å²) in [5, 5.41) is 0. The summed E-state index contributed by atoms with van der Waals surface area (Å²) >= 11 is 0. The van der Waals surface area contributed by atoms with Crippen molar-refractivity contribution in [3.63, 3.8) is 0 Å². The van der Waals surface area contributed by atoms with Gasteiger partial charge in [-0.25, -0.2) is 5.73 Å². The second-order valence-electron chi connectivity index (χ2n) is 4.16. The summed E-state index contributed by atoms with van der Waals surface area (Å²) in [6.45, 7) is 2.09. The second kappa shape index (κ2) is 4.95. The quantitative estimate of drug-likeness (QED) is 0.739. The molecule has 0 fully saturated rings. The topological polar surface area (TPSA) is 23.8 Å². The molecular formula is C15H16N. The summed E-state index contributed by atoms with van der Waals surface area (Å²) in [4.78, 5) is 0. The minimum Gasteiger partial charge on any atom is -0.249 e. The molecular weight excluding hydrogens is 194 g/mol. The van der Waals surface area contributed by atoms with Crippen molar-refractivity contribution in [2.75, 3.05) is 0 Å². The Hall–Kier alpha value is -1.60. The number of aryl methyl sites for hydroxylation is 1. The molecule has 2 aromatic carbocycles. The zero-order chi connectivity index (χ0) is 11.4. The number of rotatable bonds is 3. The Bertz CT molecular complexity index is 448. The van der Waals surface area contributed by atoms with E-state index in [1.165, 1.54) is 11.1 Å². The molecule has 81 valence electrons. The highest BCUT2D eigenvalue weighted by molar-refractivity contribution is 5.26. The zero-order valence-electron chi connectivity index (χ0n) is 9.48. The molecule has 0 aromatic heterocycles. The van der Waals surface area contributed by atoms with Gasteiger partial charge in [-0.05, 0) is 24.5 Å². The lowest BCUT2D eigenvalue weighted by Crippen LogP contribution is -2.03. The summed E-state index contributed by atoms with van der Waals surface area (Å²) in [6.07, 6.45) is 0.783. The van der Waals surface area contributed by atoms with Crippen LogP contribution in [0, 0.1) is 6.92 Å². The van der Waals surface area contributed by atoms with Crippen LogP contribution in [0.25, 0.3) is 0 Å². The fraction of sp³-hybridized carbons (Fsp3) is 0.200. The highest BCUT2D eigenvalue weighted by Gasteiger charge is 2.06. The maximum Gasteiger partial charge on any atom is 0.0502 e. The van der Waals surface area contributed by atoms with Crippen LogP contribution in [0.3, 0.4) is 0 Å². The van der Waals surface area contributed by atoms with Gasteiger partial charge in [0.15, 0.2) is 0 Å². The van der Waals surface area contributed by atoms with Crippen LogP contribution in [0.1, 0.15) is 22.7 Å². The third-order valence-electron chi connectivity index (χ3n) is 2.72. The molecule has 1 nitrogen and oxygen atoms in total. The molecule has 1 atom stereocenters. The third-order valence-corrected chi connectivity index (χ3v) is 2.72. The van der Waals surface area contributed by atoms with Gasteiger partial charge in [0.05, 0.1) is 6.04 Å².